The highest BCUT2D eigenvalue weighted by Gasteiger charge is 2.04. The molecule has 0 saturated carbocycles. The van der Waals surface area contributed by atoms with E-state index in [-0.39, 0.29) is 5.91 Å². The molecule has 1 N–H and O–H groups in total. The summed E-state index contributed by atoms with van der Waals surface area (Å²) in [5.74, 6) is -0.185. The van der Waals surface area contributed by atoms with Crippen molar-refractivity contribution >= 4 is 11.6 Å². The van der Waals surface area contributed by atoms with Crippen molar-refractivity contribution in [3.05, 3.63) is 78.4 Å². The lowest BCUT2D eigenvalue weighted by Crippen LogP contribution is -2.09. The number of hydrogen-bond donors (Lipinski definition) is 1. The van der Waals surface area contributed by atoms with Gasteiger partial charge in [-0.1, -0.05) is 55.1 Å². The third-order valence-electron chi connectivity index (χ3n) is 2.70. The Hall–Kier alpha value is -2.35. The minimum absolute atomic E-state index is 0.185. The Balaban J connectivity index is 2.22. The van der Waals surface area contributed by atoms with Gasteiger partial charge in [0.05, 0.1) is 0 Å². The van der Waals surface area contributed by atoms with E-state index in [9.17, 15) is 4.79 Å². The minimum atomic E-state index is -0.185. The molecule has 0 bridgehead atoms. The molecular weight excluding hydrogens is 222 g/mol. The van der Waals surface area contributed by atoms with Crippen molar-refractivity contribution in [1.82, 2.24) is 0 Å². The number of hydrogen-bond acceptors (Lipinski definition) is 1. The van der Waals surface area contributed by atoms with Crippen LogP contribution in [0.4, 0.5) is 5.69 Å². The summed E-state index contributed by atoms with van der Waals surface area (Å²) in [6.45, 7) is 3.46. The summed E-state index contributed by atoms with van der Waals surface area (Å²) in [6.07, 6.45) is 2.08. The summed E-state index contributed by atoms with van der Waals surface area (Å²) in [7, 11) is 0. The van der Waals surface area contributed by atoms with E-state index in [2.05, 4.69) is 24.0 Å². The first-order valence-corrected chi connectivity index (χ1v) is 5.85. The molecule has 0 aliphatic heterocycles. The molecule has 0 atom stereocenters. The number of carbonyl (C=O) groups excluding carboxylic acids is 1. The Morgan fingerprint density at radius 2 is 1.72 bits per heavy atom. The summed E-state index contributed by atoms with van der Waals surface area (Å²) < 4.78 is 0. The molecular formula is C16H15NO. The van der Waals surface area contributed by atoms with Crippen LogP contribution in [0.25, 0.3) is 0 Å². The number of amides is 1. The molecule has 0 radical (unpaired) electrons. The van der Waals surface area contributed by atoms with Crippen LogP contribution in [0.15, 0.2) is 67.3 Å². The summed E-state index contributed by atoms with van der Waals surface area (Å²) in [5, 5.41) is 2.82. The highest BCUT2D eigenvalue weighted by atomic mass is 16.1. The zero-order valence-electron chi connectivity index (χ0n) is 10.1. The maximum absolute atomic E-state index is 11.4. The maximum atomic E-state index is 11.4. The Kier molecular flexibility index (Phi) is 3.92. The molecule has 90 valence electrons. The number of rotatable bonds is 4. The van der Waals surface area contributed by atoms with Crippen molar-refractivity contribution < 1.29 is 4.79 Å². The fourth-order valence-electron chi connectivity index (χ4n) is 1.80. The van der Waals surface area contributed by atoms with Gasteiger partial charge in [0.1, 0.15) is 0 Å². The standard InChI is InChI=1S/C16H15NO/c1-2-16(18)17-15-11-7-6-10-14(15)12-13-8-4-3-5-9-13/h2-11H,1,12H2,(H,17,18). The average Bonchev–Trinajstić information content (AvgIpc) is 2.42. The van der Waals surface area contributed by atoms with Crippen LogP contribution in [0.3, 0.4) is 0 Å². The van der Waals surface area contributed by atoms with E-state index in [4.69, 9.17) is 0 Å². The summed E-state index contributed by atoms with van der Waals surface area (Å²) in [6, 6.07) is 18.0. The van der Waals surface area contributed by atoms with Crippen molar-refractivity contribution in [3.63, 3.8) is 0 Å². The largest absolute Gasteiger partial charge is 0.322 e. The predicted octanol–water partition coefficient (Wildman–Crippen LogP) is 3.40. The van der Waals surface area contributed by atoms with Crippen LogP contribution in [0.1, 0.15) is 11.1 Å². The Bertz CT molecular complexity index is 546. The number of para-hydroxylation sites is 1. The fraction of sp³-hybridized carbons (Fsp3) is 0.0625. The Labute approximate surface area is 107 Å². The molecule has 2 aromatic rings. The number of carbonyl (C=O) groups is 1. The topological polar surface area (TPSA) is 29.1 Å². The van der Waals surface area contributed by atoms with Gasteiger partial charge in [0.15, 0.2) is 0 Å². The molecule has 0 spiro atoms. The Morgan fingerprint density at radius 3 is 2.44 bits per heavy atom. The van der Waals surface area contributed by atoms with Gasteiger partial charge in [-0.3, -0.25) is 4.79 Å². The van der Waals surface area contributed by atoms with Gasteiger partial charge in [0.2, 0.25) is 5.91 Å². The quantitative estimate of drug-likeness (QED) is 0.811. The van der Waals surface area contributed by atoms with Crippen molar-refractivity contribution in [3.8, 4) is 0 Å². The van der Waals surface area contributed by atoms with E-state index < -0.39 is 0 Å². The van der Waals surface area contributed by atoms with Crippen LogP contribution in [-0.4, -0.2) is 5.91 Å². The van der Waals surface area contributed by atoms with Crippen molar-refractivity contribution in [2.45, 2.75) is 6.42 Å². The van der Waals surface area contributed by atoms with E-state index in [1.807, 2.05) is 42.5 Å². The lowest BCUT2D eigenvalue weighted by atomic mass is 10.0. The number of nitrogens with one attached hydrogen (secondary N) is 1. The van der Waals surface area contributed by atoms with Crippen LogP contribution >= 0.6 is 0 Å². The first-order valence-electron chi connectivity index (χ1n) is 5.85. The van der Waals surface area contributed by atoms with E-state index in [0.717, 1.165) is 17.7 Å². The summed E-state index contributed by atoms with van der Waals surface area (Å²) in [5.41, 5.74) is 3.16. The molecule has 2 aromatic carbocycles. The summed E-state index contributed by atoms with van der Waals surface area (Å²) in [4.78, 5) is 11.4. The second-order valence-corrected chi connectivity index (χ2v) is 4.01. The molecule has 0 unspecified atom stereocenters. The third-order valence-corrected chi connectivity index (χ3v) is 2.70. The zero-order chi connectivity index (χ0) is 12.8. The van der Waals surface area contributed by atoms with Gasteiger partial charge < -0.3 is 5.32 Å². The Morgan fingerprint density at radius 1 is 1.06 bits per heavy atom. The number of benzene rings is 2. The third kappa shape index (κ3) is 3.08. The predicted molar refractivity (Wildman–Crippen MR) is 74.5 cm³/mol. The monoisotopic (exact) mass is 237 g/mol. The molecule has 0 aliphatic rings. The van der Waals surface area contributed by atoms with Crippen LogP contribution < -0.4 is 5.32 Å². The van der Waals surface area contributed by atoms with Gasteiger partial charge in [0.25, 0.3) is 0 Å². The molecule has 0 aromatic heterocycles. The maximum Gasteiger partial charge on any atom is 0.247 e. The van der Waals surface area contributed by atoms with E-state index >= 15 is 0 Å². The van der Waals surface area contributed by atoms with Crippen LogP contribution in [0.2, 0.25) is 0 Å². The highest BCUT2D eigenvalue weighted by molar-refractivity contribution is 5.99. The van der Waals surface area contributed by atoms with Gasteiger partial charge in [0, 0.05) is 5.69 Å². The minimum Gasteiger partial charge on any atom is -0.322 e. The van der Waals surface area contributed by atoms with Crippen LogP contribution in [0.5, 0.6) is 0 Å². The fourth-order valence-corrected chi connectivity index (χ4v) is 1.80. The molecule has 0 heterocycles. The van der Waals surface area contributed by atoms with Crippen molar-refractivity contribution in [2.75, 3.05) is 5.32 Å². The van der Waals surface area contributed by atoms with Gasteiger partial charge in [-0.05, 0) is 29.7 Å². The molecule has 2 nitrogen and oxygen atoms in total. The van der Waals surface area contributed by atoms with Crippen molar-refractivity contribution in [1.29, 1.82) is 0 Å². The van der Waals surface area contributed by atoms with E-state index in [1.165, 1.54) is 11.6 Å². The first-order chi connectivity index (χ1) is 8.79. The summed E-state index contributed by atoms with van der Waals surface area (Å²) >= 11 is 0. The second kappa shape index (κ2) is 5.82. The molecule has 0 saturated heterocycles. The molecule has 2 heteroatoms. The lowest BCUT2D eigenvalue weighted by molar-refractivity contribution is -0.111. The van der Waals surface area contributed by atoms with Gasteiger partial charge in [-0.2, -0.15) is 0 Å². The molecule has 1 amide bonds. The van der Waals surface area contributed by atoms with Gasteiger partial charge in [-0.25, -0.2) is 0 Å². The normalized spacial score (nSPS) is 9.78. The second-order valence-electron chi connectivity index (χ2n) is 4.01. The zero-order valence-corrected chi connectivity index (χ0v) is 10.1. The molecule has 2 rings (SSSR count). The molecule has 0 fully saturated rings. The van der Waals surface area contributed by atoms with Gasteiger partial charge in [-0.15, -0.1) is 0 Å². The molecule has 0 aliphatic carbocycles. The van der Waals surface area contributed by atoms with Gasteiger partial charge >= 0.3 is 0 Å². The van der Waals surface area contributed by atoms with Crippen LogP contribution in [0, 0.1) is 0 Å². The van der Waals surface area contributed by atoms with E-state index in [1.54, 1.807) is 0 Å². The average molecular weight is 237 g/mol. The highest BCUT2D eigenvalue weighted by Crippen LogP contribution is 2.18. The lowest BCUT2D eigenvalue weighted by Gasteiger charge is -2.09. The first kappa shape index (κ1) is 12.1. The number of anilines is 1. The molecule has 18 heavy (non-hydrogen) atoms. The van der Waals surface area contributed by atoms with Crippen LogP contribution in [-0.2, 0) is 11.2 Å². The van der Waals surface area contributed by atoms with Crippen molar-refractivity contribution in [2.24, 2.45) is 0 Å². The van der Waals surface area contributed by atoms with E-state index in [0.29, 0.717) is 0 Å². The SMILES string of the molecule is C=CC(=O)Nc1ccccc1Cc1ccccc1. The smallest absolute Gasteiger partial charge is 0.247 e.